The van der Waals surface area contributed by atoms with Crippen molar-refractivity contribution in [1.82, 2.24) is 0 Å². The van der Waals surface area contributed by atoms with Crippen molar-refractivity contribution in [1.29, 1.82) is 0 Å². The molecule has 0 bridgehead atoms. The molecule has 0 unspecified atom stereocenters. The van der Waals surface area contributed by atoms with Gasteiger partial charge in [0.2, 0.25) is 0 Å². The summed E-state index contributed by atoms with van der Waals surface area (Å²) in [5, 5.41) is 0.0785. The molecule has 0 fully saturated rings. The van der Waals surface area contributed by atoms with Crippen molar-refractivity contribution in [3.05, 3.63) is 101 Å². The van der Waals surface area contributed by atoms with Gasteiger partial charge in [-0.25, -0.2) is 9.18 Å². The highest BCUT2D eigenvalue weighted by Gasteiger charge is 2.36. The Morgan fingerprint density at radius 3 is 2.22 bits per heavy atom. The van der Waals surface area contributed by atoms with Crippen molar-refractivity contribution in [3.63, 3.8) is 0 Å². The molecule has 0 aliphatic carbocycles. The van der Waals surface area contributed by atoms with Gasteiger partial charge in [0.25, 0.3) is 0 Å². The van der Waals surface area contributed by atoms with Gasteiger partial charge in [0.05, 0.1) is 6.61 Å². The van der Waals surface area contributed by atoms with Crippen molar-refractivity contribution in [2.24, 2.45) is 0 Å². The number of hydrogen-bond acceptors (Lipinski definition) is 4. The molecule has 0 saturated heterocycles. The van der Waals surface area contributed by atoms with E-state index in [0.29, 0.717) is 17.9 Å². The van der Waals surface area contributed by atoms with Crippen molar-refractivity contribution in [3.8, 4) is 11.5 Å². The van der Waals surface area contributed by atoms with E-state index in [1.165, 1.54) is 6.07 Å². The number of hydrogen-bond donors (Lipinski definition) is 0. The maximum atomic E-state index is 15.0. The molecular formula is C30H35FO4Si. The maximum Gasteiger partial charge on any atom is 0.347 e. The average Bonchev–Trinajstić information content (AvgIpc) is 2.83. The molecule has 190 valence electrons. The Hall–Kier alpha value is -3.22. The molecule has 0 spiro atoms. The summed E-state index contributed by atoms with van der Waals surface area (Å²) < 4.78 is 32.9. The summed E-state index contributed by atoms with van der Waals surface area (Å²) >= 11 is 0. The smallest absolute Gasteiger partial charge is 0.347 e. The van der Waals surface area contributed by atoms with Crippen LogP contribution in [0.5, 0.6) is 11.5 Å². The monoisotopic (exact) mass is 506 g/mol. The van der Waals surface area contributed by atoms with E-state index >= 15 is 4.39 Å². The fraction of sp³-hybridized carbons (Fsp3) is 0.300. The molecule has 0 atom stereocenters. The lowest BCUT2D eigenvalue weighted by molar-refractivity contribution is 0.0728. The minimum absolute atomic E-state index is 0.0692. The lowest BCUT2D eigenvalue weighted by atomic mass is 10.0. The van der Waals surface area contributed by atoms with Gasteiger partial charge in [0.15, 0.2) is 8.32 Å². The summed E-state index contributed by atoms with van der Waals surface area (Å²) in [6.45, 7) is 13.1. The zero-order valence-corrected chi connectivity index (χ0v) is 22.9. The van der Waals surface area contributed by atoms with Gasteiger partial charge >= 0.3 is 5.97 Å². The highest BCUT2D eigenvalue weighted by Crippen LogP contribution is 2.37. The third-order valence-electron chi connectivity index (χ3n) is 6.53. The molecule has 0 saturated carbocycles. The van der Waals surface area contributed by atoms with Crippen molar-refractivity contribution in [2.75, 3.05) is 6.61 Å². The molecule has 3 aromatic rings. The summed E-state index contributed by atoms with van der Waals surface area (Å²) in [6, 6.07) is 19.7. The van der Waals surface area contributed by atoms with Crippen LogP contribution in [0, 0.1) is 12.7 Å². The van der Waals surface area contributed by atoms with Crippen LogP contribution >= 0.6 is 0 Å². The first-order valence-electron chi connectivity index (χ1n) is 12.1. The molecule has 3 rings (SSSR count). The molecule has 0 aliphatic heterocycles. The zero-order chi connectivity index (χ0) is 26.3. The standard InChI is InChI=1S/C30H35FO4Si/c1-22-26(31)20-24(16-13-19-34-36(5,6)30(2,3)4)28(33-21-23-14-9-7-10-15-23)27(22)29(32)35-25-17-11-8-12-18-25/h7-18,20H,19,21H2,1-6H3/b16-13+. The SMILES string of the molecule is Cc1c(F)cc(/C=C/CO[Si](C)(C)C(C)(C)C)c(OCc2ccccc2)c1C(=O)Oc1ccccc1. The second-order valence-electron chi connectivity index (χ2n) is 10.2. The van der Waals surface area contributed by atoms with E-state index in [0.717, 1.165) is 5.56 Å². The minimum atomic E-state index is -1.94. The zero-order valence-electron chi connectivity index (χ0n) is 21.9. The van der Waals surface area contributed by atoms with E-state index in [1.54, 1.807) is 37.3 Å². The van der Waals surface area contributed by atoms with Crippen LogP contribution in [0.25, 0.3) is 6.08 Å². The van der Waals surface area contributed by atoms with Crippen LogP contribution in [0.15, 0.2) is 72.8 Å². The number of carbonyl (C=O) groups excluding carboxylic acids is 1. The summed E-state index contributed by atoms with van der Waals surface area (Å²) in [5.41, 5.74) is 1.62. The van der Waals surface area contributed by atoms with E-state index in [-0.39, 0.29) is 28.5 Å². The fourth-order valence-corrected chi connectivity index (χ4v) is 4.24. The fourth-order valence-electron chi connectivity index (χ4n) is 3.29. The Balaban J connectivity index is 1.95. The Morgan fingerprint density at radius 2 is 1.61 bits per heavy atom. The molecular weight excluding hydrogens is 471 g/mol. The average molecular weight is 507 g/mol. The quantitative estimate of drug-likeness (QED) is 0.168. The van der Waals surface area contributed by atoms with Crippen LogP contribution in [-0.4, -0.2) is 20.9 Å². The van der Waals surface area contributed by atoms with E-state index < -0.39 is 20.1 Å². The highest BCUT2D eigenvalue weighted by molar-refractivity contribution is 6.74. The molecule has 0 aromatic heterocycles. The Bertz CT molecular complexity index is 1200. The molecule has 3 aromatic carbocycles. The van der Waals surface area contributed by atoms with Gasteiger partial charge in [0.1, 0.15) is 29.5 Å². The third kappa shape index (κ3) is 6.92. The van der Waals surface area contributed by atoms with Crippen LogP contribution in [0.2, 0.25) is 18.1 Å². The van der Waals surface area contributed by atoms with Gasteiger partial charge in [-0.1, -0.05) is 81.5 Å². The lowest BCUT2D eigenvalue weighted by Gasteiger charge is -2.35. The van der Waals surface area contributed by atoms with Crippen molar-refractivity contribution < 1.29 is 23.1 Å². The molecule has 0 amide bonds. The predicted molar refractivity (Wildman–Crippen MR) is 145 cm³/mol. The van der Waals surface area contributed by atoms with Gasteiger partial charge in [-0.3, -0.25) is 0 Å². The molecule has 36 heavy (non-hydrogen) atoms. The summed E-state index contributed by atoms with van der Waals surface area (Å²) in [7, 11) is -1.94. The van der Waals surface area contributed by atoms with E-state index in [9.17, 15) is 4.79 Å². The molecule has 0 heterocycles. The largest absolute Gasteiger partial charge is 0.487 e. The van der Waals surface area contributed by atoms with E-state index in [1.807, 2.05) is 42.5 Å². The minimum Gasteiger partial charge on any atom is -0.487 e. The van der Waals surface area contributed by atoms with Crippen LogP contribution in [0.4, 0.5) is 4.39 Å². The second-order valence-corrected chi connectivity index (χ2v) is 15.0. The van der Waals surface area contributed by atoms with Crippen LogP contribution in [0.3, 0.4) is 0 Å². The summed E-state index contributed by atoms with van der Waals surface area (Å²) in [5.74, 6) is -0.525. The number of halogens is 1. The van der Waals surface area contributed by atoms with Gasteiger partial charge in [-0.2, -0.15) is 0 Å². The maximum absolute atomic E-state index is 15.0. The van der Waals surface area contributed by atoms with Crippen molar-refractivity contribution >= 4 is 20.4 Å². The normalized spacial score (nSPS) is 12.1. The van der Waals surface area contributed by atoms with Gasteiger partial charge in [-0.15, -0.1) is 0 Å². The van der Waals surface area contributed by atoms with Gasteiger partial charge in [0, 0.05) is 11.1 Å². The number of ether oxygens (including phenoxy) is 2. The second kappa shape index (κ2) is 11.7. The first kappa shape index (κ1) is 27.4. The third-order valence-corrected chi connectivity index (χ3v) is 11.0. The van der Waals surface area contributed by atoms with Crippen LogP contribution in [0.1, 0.15) is 47.8 Å². The topological polar surface area (TPSA) is 44.8 Å². The van der Waals surface area contributed by atoms with Gasteiger partial charge in [-0.05, 0) is 48.8 Å². The predicted octanol–water partition coefficient (Wildman–Crippen LogP) is 7.97. The molecule has 0 radical (unpaired) electrons. The first-order valence-corrected chi connectivity index (χ1v) is 15.0. The Kier molecular flexibility index (Phi) is 8.87. The molecule has 6 heteroatoms. The molecule has 4 nitrogen and oxygen atoms in total. The highest BCUT2D eigenvalue weighted by atomic mass is 28.4. The number of esters is 1. The van der Waals surface area contributed by atoms with Gasteiger partial charge < -0.3 is 13.9 Å². The summed E-state index contributed by atoms with van der Waals surface area (Å²) in [6.07, 6.45) is 3.58. The number of rotatable bonds is 9. The van der Waals surface area contributed by atoms with E-state index in [2.05, 4.69) is 33.9 Å². The van der Waals surface area contributed by atoms with Crippen LogP contribution in [-0.2, 0) is 11.0 Å². The number of para-hydroxylation sites is 1. The lowest BCUT2D eigenvalue weighted by Crippen LogP contribution is -2.40. The number of carbonyl (C=O) groups is 1. The van der Waals surface area contributed by atoms with E-state index in [4.69, 9.17) is 13.9 Å². The Morgan fingerprint density at radius 1 is 1.00 bits per heavy atom. The molecule has 0 N–H and O–H groups in total. The molecule has 0 aliphatic rings. The van der Waals surface area contributed by atoms with Crippen molar-refractivity contribution in [2.45, 2.75) is 52.4 Å². The first-order chi connectivity index (χ1) is 17.0. The summed E-state index contributed by atoms with van der Waals surface area (Å²) in [4.78, 5) is 13.2. The number of benzene rings is 3. The van der Waals surface area contributed by atoms with Crippen LogP contribution < -0.4 is 9.47 Å². The Labute approximate surface area is 214 Å².